The maximum absolute atomic E-state index is 15.2. The largest absolute Gasteiger partial charge is 0.504 e. The maximum atomic E-state index is 15.2. The van der Waals surface area contributed by atoms with Crippen LogP contribution in [0.1, 0.15) is 27.0 Å². The number of hydrogen-bond donors (Lipinski definition) is 9. The minimum absolute atomic E-state index is 0.0415. The first kappa shape index (κ1) is 30.9. The van der Waals surface area contributed by atoms with Crippen LogP contribution in [0.15, 0.2) is 18.2 Å². The Hall–Kier alpha value is -4.06. The Bertz CT molecular complexity index is 1370. The van der Waals surface area contributed by atoms with Gasteiger partial charge >= 0.3 is 0 Å². The molecule has 4 rings (SSSR count). The van der Waals surface area contributed by atoms with Gasteiger partial charge in [0.1, 0.15) is 0 Å². The van der Waals surface area contributed by atoms with Gasteiger partial charge in [-0.25, -0.2) is 4.39 Å². The van der Waals surface area contributed by atoms with Crippen molar-refractivity contribution in [1.29, 1.82) is 0 Å². The van der Waals surface area contributed by atoms with Crippen molar-refractivity contribution in [2.24, 2.45) is 0 Å². The zero-order valence-electron chi connectivity index (χ0n) is 22.4. The van der Waals surface area contributed by atoms with Crippen LogP contribution in [0.3, 0.4) is 0 Å². The molecule has 42 heavy (non-hydrogen) atoms. The molecule has 0 aliphatic carbocycles. The number of ether oxygens (including phenoxy) is 1. The van der Waals surface area contributed by atoms with Crippen LogP contribution in [0.25, 0.3) is 0 Å². The average molecular weight is 595 g/mol. The van der Waals surface area contributed by atoms with Crippen molar-refractivity contribution >= 4 is 23.8 Å². The molecule has 2 aliphatic rings. The lowest BCUT2D eigenvalue weighted by Gasteiger charge is -2.40. The lowest BCUT2D eigenvalue weighted by Crippen LogP contribution is -2.70. The summed E-state index contributed by atoms with van der Waals surface area (Å²) in [6.45, 7) is 0.737. The van der Waals surface area contributed by atoms with E-state index >= 15 is 4.39 Å². The van der Waals surface area contributed by atoms with Crippen LogP contribution in [-0.2, 0) is 34.0 Å². The Morgan fingerprint density at radius 2 is 1.74 bits per heavy atom. The van der Waals surface area contributed by atoms with Gasteiger partial charge in [0.15, 0.2) is 35.4 Å². The molecule has 2 heterocycles. The third-order valence-corrected chi connectivity index (χ3v) is 7.39. The second kappa shape index (κ2) is 11.7. The number of phenolic OH excluding ortho intramolecular Hbond substituents is 3. The first-order valence-corrected chi connectivity index (χ1v) is 12.7. The molecule has 2 amide bonds. The molecule has 2 aromatic carbocycles. The van der Waals surface area contributed by atoms with E-state index in [2.05, 4.69) is 10.6 Å². The highest BCUT2D eigenvalue weighted by molar-refractivity contribution is 6.03. The standard InChI is InChI=1S/C26H31FN4O11/c1-28-23(36)22(26(40,41)25(38,39)12-32)31-11-15-13(24(31)37)3-2-4-17(15)29-9-14-18(27)19(33)16(21(35)20(14)34)10-30-5-7-42-8-6-30/h2-4,12,22,29,33-35,38-41H,5-11H2,1H3,(H,28,36). The molecule has 1 unspecified atom stereocenters. The fourth-order valence-corrected chi connectivity index (χ4v) is 4.95. The minimum atomic E-state index is -3.84. The van der Waals surface area contributed by atoms with Gasteiger partial charge in [-0.1, -0.05) is 6.07 Å². The minimum Gasteiger partial charge on any atom is -0.504 e. The number of nitrogens with zero attached hydrogens (tertiary/aromatic N) is 2. The molecule has 15 nitrogen and oxygen atoms in total. The quantitative estimate of drug-likeness (QED) is 0.0629. The Balaban J connectivity index is 1.62. The van der Waals surface area contributed by atoms with Crippen LogP contribution in [0, 0.1) is 5.82 Å². The Morgan fingerprint density at radius 3 is 2.36 bits per heavy atom. The number of phenols is 3. The molecule has 9 N–H and O–H groups in total. The van der Waals surface area contributed by atoms with Crippen LogP contribution in [0.4, 0.5) is 10.1 Å². The third kappa shape index (κ3) is 5.31. The van der Waals surface area contributed by atoms with Gasteiger partial charge < -0.3 is 56.0 Å². The highest BCUT2D eigenvalue weighted by Gasteiger charge is 2.60. The highest BCUT2D eigenvalue weighted by atomic mass is 19.1. The molecule has 16 heteroatoms. The van der Waals surface area contributed by atoms with E-state index < -0.39 is 77.4 Å². The van der Waals surface area contributed by atoms with E-state index in [0.29, 0.717) is 31.2 Å². The van der Waals surface area contributed by atoms with Crippen molar-refractivity contribution in [3.8, 4) is 17.2 Å². The molecule has 0 aromatic heterocycles. The predicted molar refractivity (Wildman–Crippen MR) is 139 cm³/mol. The van der Waals surface area contributed by atoms with Gasteiger partial charge in [-0.3, -0.25) is 19.3 Å². The van der Waals surface area contributed by atoms with E-state index in [9.17, 15) is 50.1 Å². The van der Waals surface area contributed by atoms with Crippen LogP contribution in [0.5, 0.6) is 17.2 Å². The van der Waals surface area contributed by atoms with Crippen LogP contribution < -0.4 is 10.6 Å². The van der Waals surface area contributed by atoms with Gasteiger partial charge in [0.05, 0.1) is 24.3 Å². The molecule has 1 fully saturated rings. The summed E-state index contributed by atoms with van der Waals surface area (Å²) in [5, 5.41) is 77.1. The molecule has 0 saturated carbocycles. The van der Waals surface area contributed by atoms with Crippen LogP contribution >= 0.6 is 0 Å². The third-order valence-electron chi connectivity index (χ3n) is 7.39. The van der Waals surface area contributed by atoms with Gasteiger partial charge in [0.25, 0.3) is 17.5 Å². The number of hydrogen-bond acceptors (Lipinski definition) is 13. The normalized spacial score (nSPS) is 16.7. The summed E-state index contributed by atoms with van der Waals surface area (Å²) in [5.74, 6) is -13.4. The van der Waals surface area contributed by atoms with E-state index in [0.717, 1.165) is 7.05 Å². The lowest BCUT2D eigenvalue weighted by atomic mass is 9.96. The van der Waals surface area contributed by atoms with Crippen molar-refractivity contribution < 1.29 is 59.3 Å². The van der Waals surface area contributed by atoms with E-state index in [-0.39, 0.29) is 28.9 Å². The highest BCUT2D eigenvalue weighted by Crippen LogP contribution is 2.43. The number of fused-ring (bicyclic) bond motifs is 1. The predicted octanol–water partition coefficient (Wildman–Crippen LogP) is -1.98. The second-order valence-electron chi connectivity index (χ2n) is 9.91. The number of carbonyl (C=O) groups excluding carboxylic acids is 3. The Labute approximate surface area is 238 Å². The summed E-state index contributed by atoms with van der Waals surface area (Å²) >= 11 is 0. The molecule has 2 aliphatic heterocycles. The van der Waals surface area contributed by atoms with E-state index in [4.69, 9.17) is 4.74 Å². The van der Waals surface area contributed by atoms with Gasteiger partial charge in [-0.15, -0.1) is 0 Å². The molecule has 0 radical (unpaired) electrons. The summed E-state index contributed by atoms with van der Waals surface area (Å²) in [4.78, 5) is 39.4. The zero-order valence-corrected chi connectivity index (χ0v) is 22.4. The van der Waals surface area contributed by atoms with Crippen LogP contribution in [0.2, 0.25) is 0 Å². The smallest absolute Gasteiger partial charge is 0.279 e. The van der Waals surface area contributed by atoms with E-state index in [1.54, 1.807) is 4.90 Å². The number of aldehydes is 1. The number of morpholine rings is 1. The number of amides is 2. The van der Waals surface area contributed by atoms with Crippen LogP contribution in [-0.4, -0.2) is 115 Å². The fraction of sp³-hybridized carbons (Fsp3) is 0.423. The number of likely N-dealkylation sites (N-methyl/N-ethyl adjacent to an activating group) is 1. The number of aliphatic hydroxyl groups is 4. The van der Waals surface area contributed by atoms with Crippen molar-refractivity contribution in [3.63, 3.8) is 0 Å². The van der Waals surface area contributed by atoms with Crippen molar-refractivity contribution in [2.45, 2.75) is 37.3 Å². The lowest BCUT2D eigenvalue weighted by molar-refractivity contribution is -0.345. The van der Waals surface area contributed by atoms with E-state index in [1.165, 1.54) is 18.2 Å². The molecule has 1 saturated heterocycles. The maximum Gasteiger partial charge on any atom is 0.279 e. The summed E-state index contributed by atoms with van der Waals surface area (Å²) in [7, 11) is 1.08. The average Bonchev–Trinajstić information content (AvgIpc) is 3.30. The number of carbonyl (C=O) groups is 3. The molecule has 1 atom stereocenters. The number of rotatable bonds is 10. The molecule has 0 spiro atoms. The van der Waals surface area contributed by atoms with Crippen molar-refractivity contribution in [1.82, 2.24) is 15.1 Å². The second-order valence-corrected chi connectivity index (χ2v) is 9.91. The summed E-state index contributed by atoms with van der Waals surface area (Å²) in [5.41, 5.74) is -0.414. The topological polar surface area (TPSA) is 233 Å². The van der Waals surface area contributed by atoms with Gasteiger partial charge in [0.2, 0.25) is 5.91 Å². The molecular weight excluding hydrogens is 563 g/mol. The zero-order chi connectivity index (χ0) is 31.0. The number of anilines is 1. The first-order chi connectivity index (χ1) is 19.8. The molecule has 228 valence electrons. The molecular formula is C26H31FN4O11. The van der Waals surface area contributed by atoms with Gasteiger partial charge in [0, 0.05) is 56.6 Å². The molecule has 0 bridgehead atoms. The number of aromatic hydroxyl groups is 3. The Morgan fingerprint density at radius 1 is 1.10 bits per heavy atom. The van der Waals surface area contributed by atoms with Gasteiger partial charge in [-0.2, -0.15) is 0 Å². The van der Waals surface area contributed by atoms with Crippen molar-refractivity contribution in [3.05, 3.63) is 46.3 Å². The van der Waals surface area contributed by atoms with Gasteiger partial charge in [-0.05, 0) is 12.1 Å². The number of nitrogens with one attached hydrogen (secondary N) is 2. The fourth-order valence-electron chi connectivity index (χ4n) is 4.95. The van der Waals surface area contributed by atoms with E-state index in [1.807, 2.05) is 0 Å². The summed E-state index contributed by atoms with van der Waals surface area (Å²) < 4.78 is 20.5. The first-order valence-electron chi connectivity index (χ1n) is 12.7. The summed E-state index contributed by atoms with van der Waals surface area (Å²) in [6.07, 6.45) is -0.609. The Kier molecular flexibility index (Phi) is 8.58. The molecule has 2 aromatic rings. The SMILES string of the molecule is CNC(=O)C(N1Cc2c(NCc3c(O)c(O)c(CN4CCOCC4)c(O)c3F)cccc2C1=O)C(O)(O)C(O)(O)C=O. The summed E-state index contributed by atoms with van der Waals surface area (Å²) in [6, 6.07) is 1.82. The monoisotopic (exact) mass is 594 g/mol. The van der Waals surface area contributed by atoms with Crippen molar-refractivity contribution in [2.75, 3.05) is 38.7 Å². The number of benzene rings is 2. The number of halogens is 1.